The zero-order valence-corrected chi connectivity index (χ0v) is 9.58. The zero-order valence-electron chi connectivity index (χ0n) is 8.77. The van der Waals surface area contributed by atoms with E-state index in [1.54, 1.807) is 20.1 Å². The smallest absolute Gasteiger partial charge is 0.213 e. The number of aromatic nitrogens is 1. The summed E-state index contributed by atoms with van der Waals surface area (Å²) >= 11 is 1.28. The number of pyridine rings is 1. The summed E-state index contributed by atoms with van der Waals surface area (Å²) in [5.74, 6) is 1.27. The number of carbonyl (C=O) groups is 1. The number of carbonyl (C=O) groups excluding carboxylic acids is 1. The van der Waals surface area contributed by atoms with Crippen molar-refractivity contribution < 1.29 is 9.53 Å². The Hall–Kier alpha value is -1.29. The monoisotopic (exact) mass is 223 g/mol. The Morgan fingerprint density at radius 2 is 2.40 bits per heavy atom. The molecule has 0 aliphatic carbocycles. The Kier molecular flexibility index (Phi) is 4.90. The molecular formula is C11H13NO2S. The lowest BCUT2D eigenvalue weighted by molar-refractivity contribution is -0.109. The molecule has 0 aromatic carbocycles. The molecule has 3 nitrogen and oxygen atoms in total. The highest BCUT2D eigenvalue weighted by molar-refractivity contribution is 8.13. The molecule has 0 amide bonds. The van der Waals surface area contributed by atoms with Crippen LogP contribution in [0.1, 0.15) is 12.6 Å². The normalized spacial score (nSPS) is 10.5. The summed E-state index contributed by atoms with van der Waals surface area (Å²) in [6.45, 7) is 1.56. The van der Waals surface area contributed by atoms with Gasteiger partial charge in [-0.05, 0) is 12.1 Å². The molecule has 0 saturated heterocycles. The lowest BCUT2D eigenvalue weighted by Gasteiger charge is -1.98. The van der Waals surface area contributed by atoms with Crippen LogP contribution in [0.15, 0.2) is 24.3 Å². The van der Waals surface area contributed by atoms with Crippen molar-refractivity contribution in [2.24, 2.45) is 0 Å². The fourth-order valence-electron chi connectivity index (χ4n) is 0.972. The molecule has 1 aromatic heterocycles. The van der Waals surface area contributed by atoms with Gasteiger partial charge in [0.25, 0.3) is 0 Å². The maximum absolute atomic E-state index is 10.6. The van der Waals surface area contributed by atoms with Gasteiger partial charge in [-0.25, -0.2) is 4.98 Å². The Labute approximate surface area is 93.5 Å². The van der Waals surface area contributed by atoms with Crippen molar-refractivity contribution >= 4 is 23.0 Å². The number of hydrogen-bond donors (Lipinski definition) is 0. The van der Waals surface area contributed by atoms with E-state index in [9.17, 15) is 4.79 Å². The number of rotatable bonds is 4. The number of thioether (sulfide) groups is 1. The van der Waals surface area contributed by atoms with Crippen LogP contribution in [0, 0.1) is 0 Å². The highest BCUT2D eigenvalue weighted by atomic mass is 32.2. The maximum atomic E-state index is 10.6. The van der Waals surface area contributed by atoms with Crippen molar-refractivity contribution in [3.8, 4) is 5.88 Å². The molecule has 0 fully saturated rings. The summed E-state index contributed by atoms with van der Waals surface area (Å²) < 4.78 is 5.00. The summed E-state index contributed by atoms with van der Waals surface area (Å²) in [7, 11) is 1.58. The molecule has 0 atom stereocenters. The summed E-state index contributed by atoms with van der Waals surface area (Å²) in [4.78, 5) is 14.9. The average molecular weight is 223 g/mol. The van der Waals surface area contributed by atoms with Gasteiger partial charge in [0.1, 0.15) is 0 Å². The van der Waals surface area contributed by atoms with E-state index in [-0.39, 0.29) is 5.12 Å². The summed E-state index contributed by atoms with van der Waals surface area (Å²) in [6.07, 6.45) is 3.78. The van der Waals surface area contributed by atoms with E-state index in [1.165, 1.54) is 11.8 Å². The Morgan fingerprint density at radius 1 is 1.60 bits per heavy atom. The van der Waals surface area contributed by atoms with Crippen molar-refractivity contribution in [2.75, 3.05) is 12.9 Å². The van der Waals surface area contributed by atoms with Gasteiger partial charge in [-0.15, -0.1) is 0 Å². The molecule has 0 bridgehead atoms. The largest absolute Gasteiger partial charge is 0.481 e. The lowest BCUT2D eigenvalue weighted by Crippen LogP contribution is -1.88. The van der Waals surface area contributed by atoms with E-state index in [4.69, 9.17) is 4.74 Å². The second-order valence-electron chi connectivity index (χ2n) is 2.81. The van der Waals surface area contributed by atoms with Crippen molar-refractivity contribution in [3.63, 3.8) is 0 Å². The van der Waals surface area contributed by atoms with Crippen LogP contribution in [0.3, 0.4) is 0 Å². The highest BCUT2D eigenvalue weighted by Gasteiger charge is 1.93. The fraction of sp³-hybridized carbons (Fsp3) is 0.273. The first kappa shape index (κ1) is 11.8. The summed E-state index contributed by atoms with van der Waals surface area (Å²) in [5.41, 5.74) is 0.832. The molecular weight excluding hydrogens is 210 g/mol. The molecule has 0 radical (unpaired) electrons. The topological polar surface area (TPSA) is 39.2 Å². The second kappa shape index (κ2) is 6.24. The molecule has 4 heteroatoms. The molecule has 0 spiro atoms. The minimum Gasteiger partial charge on any atom is -0.481 e. The molecule has 0 aliphatic heterocycles. The first-order chi connectivity index (χ1) is 7.22. The van der Waals surface area contributed by atoms with Gasteiger partial charge in [-0.1, -0.05) is 23.9 Å². The van der Waals surface area contributed by atoms with Gasteiger partial charge in [0, 0.05) is 18.7 Å². The van der Waals surface area contributed by atoms with E-state index in [1.807, 2.05) is 24.3 Å². The summed E-state index contributed by atoms with van der Waals surface area (Å²) in [6, 6.07) is 5.56. The third-order valence-electron chi connectivity index (χ3n) is 1.63. The highest BCUT2D eigenvalue weighted by Crippen LogP contribution is 2.09. The third kappa shape index (κ3) is 4.65. The van der Waals surface area contributed by atoms with E-state index >= 15 is 0 Å². The van der Waals surface area contributed by atoms with Crippen LogP contribution in [0.5, 0.6) is 5.88 Å². The lowest BCUT2D eigenvalue weighted by atomic mass is 10.3. The average Bonchev–Trinajstić information content (AvgIpc) is 2.24. The number of hydrogen-bond acceptors (Lipinski definition) is 4. The van der Waals surface area contributed by atoms with E-state index in [2.05, 4.69) is 4.98 Å². The Balaban J connectivity index is 2.52. The second-order valence-corrected chi connectivity index (χ2v) is 4.01. The third-order valence-corrected chi connectivity index (χ3v) is 2.39. The van der Waals surface area contributed by atoms with Gasteiger partial charge in [-0.2, -0.15) is 0 Å². The van der Waals surface area contributed by atoms with Crippen LogP contribution in [-0.4, -0.2) is 23.0 Å². The van der Waals surface area contributed by atoms with E-state index in [0.717, 1.165) is 5.69 Å². The molecule has 80 valence electrons. The van der Waals surface area contributed by atoms with E-state index in [0.29, 0.717) is 11.6 Å². The SMILES string of the molecule is COc1cccc(C=CCSC(C)=O)n1. The van der Waals surface area contributed by atoms with Crippen LogP contribution < -0.4 is 4.74 Å². The molecule has 0 aliphatic rings. The predicted molar refractivity (Wildman–Crippen MR) is 63.0 cm³/mol. The Bertz CT molecular complexity index is 363. The molecule has 1 rings (SSSR count). The van der Waals surface area contributed by atoms with Gasteiger partial charge in [0.15, 0.2) is 5.12 Å². The van der Waals surface area contributed by atoms with Crippen LogP contribution in [-0.2, 0) is 4.79 Å². The van der Waals surface area contributed by atoms with Gasteiger partial charge in [0.2, 0.25) is 5.88 Å². The maximum Gasteiger partial charge on any atom is 0.213 e. The number of ether oxygens (including phenoxy) is 1. The van der Waals surface area contributed by atoms with Gasteiger partial charge < -0.3 is 4.74 Å². The van der Waals surface area contributed by atoms with Crippen LogP contribution >= 0.6 is 11.8 Å². The van der Waals surface area contributed by atoms with Gasteiger partial charge in [0.05, 0.1) is 12.8 Å². The van der Waals surface area contributed by atoms with Crippen LogP contribution in [0.4, 0.5) is 0 Å². The van der Waals surface area contributed by atoms with Gasteiger partial charge >= 0.3 is 0 Å². The van der Waals surface area contributed by atoms with Gasteiger partial charge in [-0.3, -0.25) is 4.79 Å². The molecule has 1 heterocycles. The van der Waals surface area contributed by atoms with Crippen molar-refractivity contribution in [1.29, 1.82) is 0 Å². The Morgan fingerprint density at radius 3 is 3.07 bits per heavy atom. The minimum atomic E-state index is 0.123. The molecule has 0 unspecified atom stereocenters. The number of nitrogens with zero attached hydrogens (tertiary/aromatic N) is 1. The first-order valence-electron chi connectivity index (χ1n) is 4.53. The van der Waals surface area contributed by atoms with Crippen LogP contribution in [0.25, 0.3) is 6.08 Å². The molecule has 1 aromatic rings. The van der Waals surface area contributed by atoms with Crippen molar-refractivity contribution in [3.05, 3.63) is 30.0 Å². The quantitative estimate of drug-likeness (QED) is 0.785. The van der Waals surface area contributed by atoms with Crippen LogP contribution in [0.2, 0.25) is 0 Å². The number of methoxy groups -OCH3 is 1. The van der Waals surface area contributed by atoms with Crippen molar-refractivity contribution in [1.82, 2.24) is 4.98 Å². The summed E-state index contributed by atoms with van der Waals surface area (Å²) in [5, 5.41) is 0.123. The molecule has 0 saturated carbocycles. The van der Waals surface area contributed by atoms with Crippen molar-refractivity contribution in [2.45, 2.75) is 6.92 Å². The van der Waals surface area contributed by atoms with E-state index < -0.39 is 0 Å². The minimum absolute atomic E-state index is 0.123. The first-order valence-corrected chi connectivity index (χ1v) is 5.52. The fourth-order valence-corrected chi connectivity index (χ4v) is 1.40. The molecule has 0 N–H and O–H groups in total. The standard InChI is InChI=1S/C11H13NO2S/c1-9(13)15-8-4-6-10-5-3-7-11(12-10)14-2/h3-7H,8H2,1-2H3. The predicted octanol–water partition coefficient (Wildman–Crippen LogP) is 2.38. The molecule has 15 heavy (non-hydrogen) atoms. The zero-order chi connectivity index (χ0) is 11.1.